The molecule has 0 radical (unpaired) electrons. The van der Waals surface area contributed by atoms with Gasteiger partial charge in [-0.25, -0.2) is 9.97 Å². The lowest BCUT2D eigenvalue weighted by Crippen LogP contribution is -2.02. The highest BCUT2D eigenvalue weighted by molar-refractivity contribution is 5.53. The van der Waals surface area contributed by atoms with Crippen molar-refractivity contribution >= 4 is 0 Å². The Hall–Kier alpha value is -2.21. The maximum absolute atomic E-state index is 5.76. The van der Waals surface area contributed by atoms with Gasteiger partial charge in [0.2, 0.25) is 5.88 Å². The first-order valence-electron chi connectivity index (χ1n) is 11.9. The Bertz CT molecular complexity index is 677. The van der Waals surface area contributed by atoms with Gasteiger partial charge >= 0.3 is 0 Å². The van der Waals surface area contributed by atoms with Crippen LogP contribution in [0.15, 0.2) is 30.7 Å². The predicted molar refractivity (Wildman–Crippen MR) is 125 cm³/mol. The third-order valence-electron chi connectivity index (χ3n) is 4.97. The van der Waals surface area contributed by atoms with Crippen molar-refractivity contribution in [1.82, 2.24) is 15.0 Å². The fraction of sp³-hybridized carbons (Fsp3) is 0.640. The minimum absolute atomic E-state index is 0.566. The lowest BCUT2D eigenvalue weighted by Gasteiger charge is -2.08. The zero-order chi connectivity index (χ0) is 22.0. The van der Waals surface area contributed by atoms with Crippen molar-refractivity contribution in [3.05, 3.63) is 30.7 Å². The van der Waals surface area contributed by atoms with Crippen LogP contribution >= 0.6 is 0 Å². The molecular weight excluding hydrogens is 390 g/mol. The second kappa shape index (κ2) is 16.5. The first-order valence-corrected chi connectivity index (χ1v) is 11.9. The van der Waals surface area contributed by atoms with Crippen molar-refractivity contribution < 1.29 is 14.2 Å². The van der Waals surface area contributed by atoms with Crippen molar-refractivity contribution in [2.24, 2.45) is 0 Å². The summed E-state index contributed by atoms with van der Waals surface area (Å²) in [5.41, 5.74) is 1.49. The van der Waals surface area contributed by atoms with E-state index in [9.17, 15) is 0 Å². The van der Waals surface area contributed by atoms with E-state index in [1.807, 2.05) is 12.1 Å². The average molecular weight is 430 g/mol. The molecular formula is C25H39N3O3. The minimum atomic E-state index is 0.566. The Morgan fingerprint density at radius 2 is 1.26 bits per heavy atom. The van der Waals surface area contributed by atoms with E-state index in [2.05, 4.69) is 28.8 Å². The molecule has 0 saturated carbocycles. The summed E-state index contributed by atoms with van der Waals surface area (Å²) in [5, 5.41) is 0. The average Bonchev–Trinajstić information content (AvgIpc) is 2.81. The summed E-state index contributed by atoms with van der Waals surface area (Å²) in [6.07, 6.45) is 16.9. The minimum Gasteiger partial charge on any atom is -0.492 e. The smallest absolute Gasteiger partial charge is 0.232 e. The van der Waals surface area contributed by atoms with Crippen LogP contribution in [0, 0.1) is 0 Å². The van der Waals surface area contributed by atoms with E-state index < -0.39 is 0 Å². The molecule has 0 aliphatic heterocycles. The number of rotatable bonds is 18. The van der Waals surface area contributed by atoms with Gasteiger partial charge in [-0.1, -0.05) is 52.4 Å². The van der Waals surface area contributed by atoms with E-state index in [1.165, 1.54) is 38.5 Å². The van der Waals surface area contributed by atoms with Gasteiger partial charge in [-0.3, -0.25) is 4.98 Å². The molecule has 0 fully saturated rings. The molecule has 0 saturated heterocycles. The third-order valence-corrected chi connectivity index (χ3v) is 4.97. The van der Waals surface area contributed by atoms with Crippen LogP contribution in [0.4, 0.5) is 0 Å². The number of hydrogen-bond acceptors (Lipinski definition) is 6. The van der Waals surface area contributed by atoms with E-state index in [0.29, 0.717) is 19.1 Å². The van der Waals surface area contributed by atoms with Crippen LogP contribution in [0.1, 0.15) is 78.1 Å². The first-order chi connectivity index (χ1) is 15.3. The Kier molecular flexibility index (Phi) is 13.3. The van der Waals surface area contributed by atoms with Gasteiger partial charge in [0.1, 0.15) is 11.4 Å². The molecule has 2 aromatic heterocycles. The summed E-state index contributed by atoms with van der Waals surface area (Å²) in [4.78, 5) is 13.2. The monoisotopic (exact) mass is 429 g/mol. The summed E-state index contributed by atoms with van der Waals surface area (Å²) in [7, 11) is 0. The molecule has 0 atom stereocenters. The van der Waals surface area contributed by atoms with Gasteiger partial charge in [0, 0.05) is 13.2 Å². The van der Waals surface area contributed by atoms with Crippen molar-refractivity contribution in [2.45, 2.75) is 78.1 Å². The van der Waals surface area contributed by atoms with Gasteiger partial charge in [-0.2, -0.15) is 0 Å². The van der Waals surface area contributed by atoms with Crippen LogP contribution in [0.5, 0.6) is 11.6 Å². The first kappa shape index (κ1) is 25.1. The number of nitrogens with zero attached hydrogens (tertiary/aromatic N) is 3. The molecule has 0 bridgehead atoms. The van der Waals surface area contributed by atoms with Crippen molar-refractivity contribution in [2.75, 3.05) is 26.4 Å². The Labute approximate surface area is 187 Å². The maximum atomic E-state index is 5.76. The highest BCUT2D eigenvalue weighted by atomic mass is 16.5. The fourth-order valence-electron chi connectivity index (χ4n) is 3.04. The predicted octanol–water partition coefficient (Wildman–Crippen LogP) is 6.25. The summed E-state index contributed by atoms with van der Waals surface area (Å²) in [6.45, 7) is 7.43. The second-order valence-corrected chi connectivity index (χ2v) is 7.76. The van der Waals surface area contributed by atoms with Crippen molar-refractivity contribution in [3.63, 3.8) is 0 Å². The lowest BCUT2D eigenvalue weighted by atomic mass is 10.1. The van der Waals surface area contributed by atoms with Crippen LogP contribution < -0.4 is 9.47 Å². The summed E-state index contributed by atoms with van der Waals surface area (Å²) >= 11 is 0. The topological polar surface area (TPSA) is 66.4 Å². The number of aromatic nitrogens is 3. The number of unbranched alkanes of at least 4 members (excludes halogenated alkanes) is 7. The maximum Gasteiger partial charge on any atom is 0.232 e. The van der Waals surface area contributed by atoms with Crippen LogP contribution in [0.3, 0.4) is 0 Å². The van der Waals surface area contributed by atoms with Crippen LogP contribution in [-0.2, 0) is 4.74 Å². The molecule has 0 aromatic carbocycles. The van der Waals surface area contributed by atoms with Gasteiger partial charge in [-0.15, -0.1) is 0 Å². The quantitative estimate of drug-likeness (QED) is 0.261. The van der Waals surface area contributed by atoms with Gasteiger partial charge in [-0.05, 0) is 37.8 Å². The van der Waals surface area contributed by atoms with E-state index in [0.717, 1.165) is 56.0 Å². The summed E-state index contributed by atoms with van der Waals surface area (Å²) < 4.78 is 17.0. The molecule has 0 aliphatic rings. The molecule has 172 valence electrons. The van der Waals surface area contributed by atoms with E-state index in [-0.39, 0.29) is 0 Å². The van der Waals surface area contributed by atoms with Gasteiger partial charge in [0.15, 0.2) is 0 Å². The number of ether oxygens (including phenoxy) is 3. The molecule has 0 N–H and O–H groups in total. The summed E-state index contributed by atoms with van der Waals surface area (Å²) in [6, 6.07) is 3.83. The normalized spacial score (nSPS) is 10.9. The molecule has 31 heavy (non-hydrogen) atoms. The number of hydrogen-bond donors (Lipinski definition) is 0. The zero-order valence-corrected chi connectivity index (χ0v) is 19.4. The van der Waals surface area contributed by atoms with Crippen molar-refractivity contribution in [1.29, 1.82) is 0 Å². The Balaban J connectivity index is 1.63. The highest BCUT2D eigenvalue weighted by Crippen LogP contribution is 2.18. The van der Waals surface area contributed by atoms with Crippen molar-refractivity contribution in [3.8, 4) is 23.0 Å². The zero-order valence-electron chi connectivity index (χ0n) is 19.4. The van der Waals surface area contributed by atoms with Crippen LogP contribution in [0.25, 0.3) is 11.4 Å². The van der Waals surface area contributed by atoms with Gasteiger partial charge in [0.25, 0.3) is 0 Å². The largest absolute Gasteiger partial charge is 0.492 e. The molecule has 2 aromatic rings. The SMILES string of the molecule is CCCCCCCCOc1cnc(-c2ccc(OCCCCOCCCC)cn2)cn1. The fourth-order valence-corrected chi connectivity index (χ4v) is 3.04. The van der Waals surface area contributed by atoms with Gasteiger partial charge < -0.3 is 14.2 Å². The number of pyridine rings is 1. The molecule has 0 amide bonds. The molecule has 0 spiro atoms. The Morgan fingerprint density at radius 3 is 2.00 bits per heavy atom. The second-order valence-electron chi connectivity index (χ2n) is 7.76. The van der Waals surface area contributed by atoms with Crippen LogP contribution in [-0.4, -0.2) is 41.4 Å². The van der Waals surface area contributed by atoms with E-state index in [1.54, 1.807) is 18.6 Å². The summed E-state index contributed by atoms with van der Waals surface area (Å²) in [5.74, 6) is 1.33. The van der Waals surface area contributed by atoms with Gasteiger partial charge in [0.05, 0.1) is 37.5 Å². The van der Waals surface area contributed by atoms with E-state index in [4.69, 9.17) is 14.2 Å². The molecule has 6 heteroatoms. The Morgan fingerprint density at radius 1 is 0.581 bits per heavy atom. The molecule has 2 rings (SSSR count). The molecule has 2 heterocycles. The molecule has 6 nitrogen and oxygen atoms in total. The standard InChI is InChI=1S/C25H39N3O3/c1-3-5-7-8-9-10-18-31-25-21-27-24(20-28-25)23-14-13-22(19-26-23)30-17-12-11-16-29-15-6-4-2/h13-14,19-21H,3-12,15-18H2,1-2H3. The van der Waals surface area contributed by atoms with Crippen LogP contribution in [0.2, 0.25) is 0 Å². The third kappa shape index (κ3) is 11.1. The molecule has 0 unspecified atom stereocenters. The molecule has 0 aliphatic carbocycles. The van der Waals surface area contributed by atoms with E-state index >= 15 is 0 Å². The lowest BCUT2D eigenvalue weighted by molar-refractivity contribution is 0.123. The highest BCUT2D eigenvalue weighted by Gasteiger charge is 2.04.